The highest BCUT2D eigenvalue weighted by Crippen LogP contribution is 2.31. The van der Waals surface area contributed by atoms with E-state index in [9.17, 15) is 5.11 Å². The summed E-state index contributed by atoms with van der Waals surface area (Å²) in [5, 5.41) is 10.4. The first-order valence-electron chi connectivity index (χ1n) is 6.39. The summed E-state index contributed by atoms with van der Waals surface area (Å²) >= 11 is 6.87. The lowest BCUT2D eigenvalue weighted by molar-refractivity contribution is 0.177. The summed E-state index contributed by atoms with van der Waals surface area (Å²) in [6, 6.07) is 11.3. The van der Waals surface area contributed by atoms with E-state index < -0.39 is 6.10 Å². The quantitative estimate of drug-likeness (QED) is 0.780. The first kappa shape index (κ1) is 16.3. The molecular formula is C16H16Br2O3. The van der Waals surface area contributed by atoms with Gasteiger partial charge in [-0.15, -0.1) is 0 Å². The normalized spacial score (nSPS) is 12.0. The number of aliphatic hydroxyl groups is 1. The van der Waals surface area contributed by atoms with Gasteiger partial charge in [-0.2, -0.15) is 0 Å². The van der Waals surface area contributed by atoms with Crippen LogP contribution >= 0.6 is 31.9 Å². The predicted molar refractivity (Wildman–Crippen MR) is 90.1 cm³/mol. The highest BCUT2D eigenvalue weighted by atomic mass is 79.9. The number of halogens is 2. The van der Waals surface area contributed by atoms with E-state index in [-0.39, 0.29) is 0 Å². The lowest BCUT2D eigenvalue weighted by Gasteiger charge is -2.15. The van der Waals surface area contributed by atoms with Crippen LogP contribution in [0.5, 0.6) is 11.5 Å². The number of hydrogen-bond acceptors (Lipinski definition) is 3. The summed E-state index contributed by atoms with van der Waals surface area (Å²) in [5.41, 5.74) is 1.77. The minimum atomic E-state index is -0.615. The van der Waals surface area contributed by atoms with Crippen molar-refractivity contribution >= 4 is 31.9 Å². The molecule has 112 valence electrons. The molecule has 0 aliphatic heterocycles. The van der Waals surface area contributed by atoms with Crippen molar-refractivity contribution in [1.82, 2.24) is 0 Å². The molecule has 0 radical (unpaired) electrons. The van der Waals surface area contributed by atoms with Gasteiger partial charge in [0.15, 0.2) is 0 Å². The molecule has 0 amide bonds. The monoisotopic (exact) mass is 414 g/mol. The van der Waals surface area contributed by atoms with Crippen LogP contribution in [0.25, 0.3) is 0 Å². The fourth-order valence-corrected chi connectivity index (χ4v) is 3.09. The van der Waals surface area contributed by atoms with Crippen molar-refractivity contribution in [2.75, 3.05) is 14.2 Å². The minimum absolute atomic E-state index is 0.474. The number of ether oxygens (including phenoxy) is 2. The van der Waals surface area contributed by atoms with Crippen LogP contribution in [0.4, 0.5) is 0 Å². The van der Waals surface area contributed by atoms with Crippen molar-refractivity contribution in [1.29, 1.82) is 0 Å². The van der Waals surface area contributed by atoms with Gasteiger partial charge in [-0.3, -0.25) is 0 Å². The van der Waals surface area contributed by atoms with Crippen LogP contribution in [0.15, 0.2) is 45.3 Å². The van der Waals surface area contributed by atoms with Gasteiger partial charge in [0.25, 0.3) is 0 Å². The largest absolute Gasteiger partial charge is 0.496 e. The first-order valence-corrected chi connectivity index (χ1v) is 7.97. The molecule has 5 heteroatoms. The lowest BCUT2D eigenvalue weighted by atomic mass is 10.0. The van der Waals surface area contributed by atoms with Crippen molar-refractivity contribution in [2.45, 2.75) is 12.5 Å². The second-order valence-corrected chi connectivity index (χ2v) is 6.34. The molecule has 0 saturated carbocycles. The van der Waals surface area contributed by atoms with E-state index in [2.05, 4.69) is 31.9 Å². The van der Waals surface area contributed by atoms with Crippen LogP contribution in [0.2, 0.25) is 0 Å². The average molecular weight is 416 g/mol. The Morgan fingerprint density at radius 3 is 2.29 bits per heavy atom. The highest BCUT2D eigenvalue weighted by Gasteiger charge is 2.14. The van der Waals surface area contributed by atoms with Crippen LogP contribution in [0.1, 0.15) is 17.2 Å². The molecule has 0 bridgehead atoms. The molecule has 0 aromatic heterocycles. The van der Waals surface area contributed by atoms with Gasteiger partial charge < -0.3 is 14.6 Å². The van der Waals surface area contributed by atoms with Crippen molar-refractivity contribution in [2.24, 2.45) is 0 Å². The van der Waals surface area contributed by atoms with Gasteiger partial charge in [0, 0.05) is 10.9 Å². The van der Waals surface area contributed by atoms with E-state index >= 15 is 0 Å². The van der Waals surface area contributed by atoms with E-state index in [0.717, 1.165) is 31.6 Å². The summed E-state index contributed by atoms with van der Waals surface area (Å²) in [6.07, 6.45) is -0.142. The predicted octanol–water partition coefficient (Wildman–Crippen LogP) is 4.50. The van der Waals surface area contributed by atoms with E-state index in [1.54, 1.807) is 14.2 Å². The maximum atomic E-state index is 10.4. The van der Waals surface area contributed by atoms with Crippen molar-refractivity contribution in [3.8, 4) is 11.5 Å². The average Bonchev–Trinajstić information content (AvgIpc) is 2.47. The Kier molecular flexibility index (Phi) is 5.67. The van der Waals surface area contributed by atoms with Gasteiger partial charge in [-0.25, -0.2) is 0 Å². The molecule has 1 N–H and O–H groups in total. The SMILES string of the molecule is COc1ccc(C(O)Cc2cc(Br)ccc2OC)cc1Br. The second-order valence-electron chi connectivity index (χ2n) is 4.57. The zero-order chi connectivity index (χ0) is 15.4. The Labute approximate surface area is 141 Å². The fraction of sp³-hybridized carbons (Fsp3) is 0.250. The molecule has 2 aromatic carbocycles. The van der Waals surface area contributed by atoms with Gasteiger partial charge >= 0.3 is 0 Å². The van der Waals surface area contributed by atoms with E-state index in [0.29, 0.717) is 6.42 Å². The number of aliphatic hydroxyl groups excluding tert-OH is 1. The van der Waals surface area contributed by atoms with E-state index in [1.807, 2.05) is 36.4 Å². The molecule has 0 spiro atoms. The Hall–Kier alpha value is -1.04. The minimum Gasteiger partial charge on any atom is -0.496 e. The Balaban J connectivity index is 2.23. The number of benzene rings is 2. The van der Waals surface area contributed by atoms with Crippen LogP contribution in [0.3, 0.4) is 0 Å². The van der Waals surface area contributed by atoms with E-state index in [4.69, 9.17) is 9.47 Å². The molecule has 0 saturated heterocycles. The topological polar surface area (TPSA) is 38.7 Å². The molecule has 3 nitrogen and oxygen atoms in total. The van der Waals surface area contributed by atoms with Crippen molar-refractivity contribution < 1.29 is 14.6 Å². The molecule has 1 unspecified atom stereocenters. The smallest absolute Gasteiger partial charge is 0.133 e. The Morgan fingerprint density at radius 2 is 1.67 bits per heavy atom. The summed E-state index contributed by atoms with van der Waals surface area (Å²) in [6.45, 7) is 0. The molecule has 2 rings (SSSR count). The maximum absolute atomic E-state index is 10.4. The van der Waals surface area contributed by atoms with Gasteiger partial charge in [0.05, 0.1) is 24.8 Å². The van der Waals surface area contributed by atoms with Crippen LogP contribution in [-0.4, -0.2) is 19.3 Å². The third-order valence-electron chi connectivity index (χ3n) is 3.22. The molecule has 0 fully saturated rings. The van der Waals surface area contributed by atoms with Gasteiger partial charge in [0.2, 0.25) is 0 Å². The maximum Gasteiger partial charge on any atom is 0.133 e. The standard InChI is InChI=1S/C16H16Br2O3/c1-20-15-6-4-12(17)7-11(15)9-14(19)10-3-5-16(21-2)13(18)8-10/h3-8,14,19H,9H2,1-2H3. The molecule has 0 aliphatic rings. The van der Waals surface area contributed by atoms with Crippen molar-refractivity contribution in [3.63, 3.8) is 0 Å². The molecule has 21 heavy (non-hydrogen) atoms. The molecule has 0 heterocycles. The van der Waals surface area contributed by atoms with E-state index in [1.165, 1.54) is 0 Å². The number of methoxy groups -OCH3 is 2. The zero-order valence-corrected chi connectivity index (χ0v) is 14.9. The Morgan fingerprint density at radius 1 is 1.00 bits per heavy atom. The van der Waals surface area contributed by atoms with Crippen molar-refractivity contribution in [3.05, 3.63) is 56.5 Å². The van der Waals surface area contributed by atoms with Crippen LogP contribution in [0, 0.1) is 0 Å². The van der Waals surface area contributed by atoms with Crippen LogP contribution < -0.4 is 9.47 Å². The summed E-state index contributed by atoms with van der Waals surface area (Å²) < 4.78 is 12.3. The number of hydrogen-bond donors (Lipinski definition) is 1. The second kappa shape index (κ2) is 7.29. The summed E-state index contributed by atoms with van der Waals surface area (Å²) in [5.74, 6) is 1.51. The van der Waals surface area contributed by atoms with Gasteiger partial charge in [-0.1, -0.05) is 22.0 Å². The summed E-state index contributed by atoms with van der Waals surface area (Å²) in [7, 11) is 3.24. The van der Waals surface area contributed by atoms with Crippen LogP contribution in [-0.2, 0) is 6.42 Å². The highest BCUT2D eigenvalue weighted by molar-refractivity contribution is 9.10. The number of rotatable bonds is 5. The fourth-order valence-electron chi connectivity index (χ4n) is 2.12. The molecular weight excluding hydrogens is 400 g/mol. The van der Waals surface area contributed by atoms with Gasteiger partial charge in [0.1, 0.15) is 11.5 Å². The zero-order valence-electron chi connectivity index (χ0n) is 11.8. The van der Waals surface area contributed by atoms with Gasteiger partial charge in [-0.05, 0) is 57.4 Å². The first-order chi connectivity index (χ1) is 10.0. The third kappa shape index (κ3) is 3.99. The molecule has 0 aliphatic carbocycles. The third-order valence-corrected chi connectivity index (χ3v) is 4.33. The lowest BCUT2D eigenvalue weighted by Crippen LogP contribution is -2.04. The molecule has 2 aromatic rings. The summed E-state index contributed by atoms with van der Waals surface area (Å²) in [4.78, 5) is 0. The molecule has 1 atom stereocenters. The Bertz CT molecular complexity index is 629.